The van der Waals surface area contributed by atoms with E-state index in [1.165, 1.54) is 0 Å². The highest BCUT2D eigenvalue weighted by Crippen LogP contribution is 2.31. The highest BCUT2D eigenvalue weighted by Gasteiger charge is 2.37. The van der Waals surface area contributed by atoms with Crippen LogP contribution in [0.3, 0.4) is 0 Å². The van der Waals surface area contributed by atoms with Gasteiger partial charge in [0.05, 0.1) is 25.2 Å². The van der Waals surface area contributed by atoms with E-state index in [4.69, 9.17) is 9.47 Å². The van der Waals surface area contributed by atoms with Crippen LogP contribution in [-0.2, 0) is 14.3 Å². The number of hydrogen-bond donors (Lipinski definition) is 0. The Bertz CT molecular complexity index is 306. The van der Waals surface area contributed by atoms with E-state index in [0.29, 0.717) is 19.1 Å². The molecule has 2 rings (SSSR count). The van der Waals surface area contributed by atoms with E-state index in [-0.39, 0.29) is 23.4 Å². The van der Waals surface area contributed by atoms with Gasteiger partial charge in [0, 0.05) is 5.41 Å². The topological polar surface area (TPSA) is 35.5 Å². The zero-order valence-corrected chi connectivity index (χ0v) is 10.2. The van der Waals surface area contributed by atoms with Crippen molar-refractivity contribution in [3.63, 3.8) is 0 Å². The Hall–Kier alpha value is -0.830. The molecular formula is C13H20O3. The van der Waals surface area contributed by atoms with Gasteiger partial charge in [0.2, 0.25) is 0 Å². The molecule has 3 nitrogen and oxygen atoms in total. The SMILES string of the molecule is CC1C=CC2OCC(C)(C)COC(=O)C2C1. The van der Waals surface area contributed by atoms with Crippen molar-refractivity contribution in [1.29, 1.82) is 0 Å². The third kappa shape index (κ3) is 2.46. The molecule has 90 valence electrons. The van der Waals surface area contributed by atoms with E-state index in [9.17, 15) is 4.79 Å². The van der Waals surface area contributed by atoms with Crippen LogP contribution in [0.1, 0.15) is 27.2 Å². The largest absolute Gasteiger partial charge is 0.465 e. The summed E-state index contributed by atoms with van der Waals surface area (Å²) in [7, 11) is 0. The van der Waals surface area contributed by atoms with E-state index >= 15 is 0 Å². The second-order valence-corrected chi connectivity index (χ2v) is 5.75. The first-order valence-corrected chi connectivity index (χ1v) is 5.94. The number of esters is 1. The molecule has 0 aromatic heterocycles. The first-order valence-electron chi connectivity index (χ1n) is 5.94. The minimum atomic E-state index is -0.115. The van der Waals surface area contributed by atoms with E-state index in [1.54, 1.807) is 0 Å². The van der Waals surface area contributed by atoms with Crippen LogP contribution in [0.4, 0.5) is 0 Å². The maximum absolute atomic E-state index is 11.9. The Morgan fingerprint density at radius 3 is 2.81 bits per heavy atom. The molecule has 0 N–H and O–H groups in total. The summed E-state index contributed by atoms with van der Waals surface area (Å²) in [5, 5.41) is 0. The fourth-order valence-corrected chi connectivity index (χ4v) is 2.19. The number of cyclic esters (lactones) is 1. The molecule has 0 bridgehead atoms. The lowest BCUT2D eigenvalue weighted by molar-refractivity contribution is -0.166. The van der Waals surface area contributed by atoms with Crippen molar-refractivity contribution >= 4 is 5.97 Å². The Balaban J connectivity index is 2.14. The fraction of sp³-hybridized carbons (Fsp3) is 0.769. The fourth-order valence-electron chi connectivity index (χ4n) is 2.19. The van der Waals surface area contributed by atoms with Gasteiger partial charge in [0.15, 0.2) is 0 Å². The van der Waals surface area contributed by atoms with Crippen molar-refractivity contribution in [3.8, 4) is 0 Å². The summed E-state index contributed by atoms with van der Waals surface area (Å²) in [6.07, 6.45) is 4.88. The van der Waals surface area contributed by atoms with Crippen LogP contribution < -0.4 is 0 Å². The van der Waals surface area contributed by atoms with E-state index in [1.807, 2.05) is 6.08 Å². The molecule has 2 aliphatic rings. The number of ether oxygens (including phenoxy) is 2. The standard InChI is InChI=1S/C13H20O3/c1-9-4-5-11-10(6-9)12(14)16-8-13(2,3)7-15-11/h4-5,9-11H,6-8H2,1-3H3. The monoisotopic (exact) mass is 224 g/mol. The Labute approximate surface area is 96.8 Å². The minimum absolute atomic E-state index is 0.0858. The number of allylic oxidation sites excluding steroid dienone is 1. The van der Waals surface area contributed by atoms with Crippen LogP contribution in [0, 0.1) is 17.3 Å². The summed E-state index contributed by atoms with van der Waals surface area (Å²) in [6, 6.07) is 0. The number of carbonyl (C=O) groups excluding carboxylic acids is 1. The van der Waals surface area contributed by atoms with Crippen molar-refractivity contribution < 1.29 is 14.3 Å². The molecule has 3 atom stereocenters. The van der Waals surface area contributed by atoms with Gasteiger partial charge in [-0.3, -0.25) is 4.79 Å². The molecule has 1 heterocycles. The molecule has 16 heavy (non-hydrogen) atoms. The predicted molar refractivity (Wildman–Crippen MR) is 60.9 cm³/mol. The molecule has 0 amide bonds. The molecule has 0 spiro atoms. The second-order valence-electron chi connectivity index (χ2n) is 5.75. The normalized spacial score (nSPS) is 38.2. The summed E-state index contributed by atoms with van der Waals surface area (Å²) in [5.74, 6) is 0.218. The summed E-state index contributed by atoms with van der Waals surface area (Å²) in [6.45, 7) is 7.31. The first kappa shape index (κ1) is 11.6. The summed E-state index contributed by atoms with van der Waals surface area (Å²) in [4.78, 5) is 11.9. The van der Waals surface area contributed by atoms with Gasteiger partial charge in [0.25, 0.3) is 0 Å². The van der Waals surface area contributed by atoms with Crippen LogP contribution in [0.15, 0.2) is 12.2 Å². The van der Waals surface area contributed by atoms with Crippen LogP contribution in [-0.4, -0.2) is 25.3 Å². The molecule has 0 radical (unpaired) electrons. The van der Waals surface area contributed by atoms with Crippen LogP contribution in [0.5, 0.6) is 0 Å². The smallest absolute Gasteiger partial charge is 0.311 e. The van der Waals surface area contributed by atoms with Crippen molar-refractivity contribution in [2.24, 2.45) is 17.3 Å². The van der Waals surface area contributed by atoms with E-state index < -0.39 is 0 Å². The first-order chi connectivity index (χ1) is 7.48. The molecule has 1 saturated heterocycles. The average molecular weight is 224 g/mol. The molecule has 0 aromatic rings. The van der Waals surface area contributed by atoms with Gasteiger partial charge < -0.3 is 9.47 Å². The lowest BCUT2D eigenvalue weighted by Gasteiger charge is -2.35. The van der Waals surface area contributed by atoms with E-state index in [0.717, 1.165) is 6.42 Å². The average Bonchev–Trinajstić information content (AvgIpc) is 2.23. The number of carbonyl (C=O) groups is 1. The van der Waals surface area contributed by atoms with Gasteiger partial charge in [-0.1, -0.05) is 32.9 Å². The quantitative estimate of drug-likeness (QED) is 0.467. The zero-order valence-electron chi connectivity index (χ0n) is 10.2. The Morgan fingerprint density at radius 2 is 2.06 bits per heavy atom. The van der Waals surface area contributed by atoms with Crippen molar-refractivity contribution in [3.05, 3.63) is 12.2 Å². The van der Waals surface area contributed by atoms with Crippen LogP contribution in [0.25, 0.3) is 0 Å². The van der Waals surface area contributed by atoms with Crippen molar-refractivity contribution in [2.45, 2.75) is 33.3 Å². The Kier molecular flexibility index (Phi) is 3.06. The lowest BCUT2D eigenvalue weighted by atomic mass is 9.84. The number of rotatable bonds is 0. The third-order valence-electron chi connectivity index (χ3n) is 3.23. The van der Waals surface area contributed by atoms with Gasteiger partial charge in [-0.15, -0.1) is 0 Å². The van der Waals surface area contributed by atoms with Crippen LogP contribution in [0.2, 0.25) is 0 Å². The van der Waals surface area contributed by atoms with Gasteiger partial charge >= 0.3 is 5.97 Å². The molecular weight excluding hydrogens is 204 g/mol. The number of fused-ring (bicyclic) bond motifs is 1. The molecule has 0 aromatic carbocycles. The van der Waals surface area contributed by atoms with Crippen molar-refractivity contribution in [1.82, 2.24) is 0 Å². The van der Waals surface area contributed by atoms with Gasteiger partial charge in [-0.25, -0.2) is 0 Å². The summed E-state index contributed by atoms with van der Waals surface area (Å²) in [5.41, 5.74) is -0.0858. The molecule has 1 fully saturated rings. The van der Waals surface area contributed by atoms with Crippen molar-refractivity contribution in [2.75, 3.05) is 13.2 Å². The summed E-state index contributed by atoms with van der Waals surface area (Å²) < 4.78 is 11.2. The molecule has 1 aliphatic carbocycles. The minimum Gasteiger partial charge on any atom is -0.465 e. The third-order valence-corrected chi connectivity index (χ3v) is 3.23. The van der Waals surface area contributed by atoms with Gasteiger partial charge in [0.1, 0.15) is 0 Å². The van der Waals surface area contributed by atoms with Gasteiger partial charge in [-0.05, 0) is 12.3 Å². The molecule has 3 unspecified atom stereocenters. The molecule has 1 aliphatic heterocycles. The number of hydrogen-bond acceptors (Lipinski definition) is 3. The van der Waals surface area contributed by atoms with E-state index in [2.05, 4.69) is 26.8 Å². The Morgan fingerprint density at radius 1 is 1.31 bits per heavy atom. The predicted octanol–water partition coefficient (Wildman–Crippen LogP) is 2.17. The maximum atomic E-state index is 11.9. The van der Waals surface area contributed by atoms with Gasteiger partial charge in [-0.2, -0.15) is 0 Å². The highest BCUT2D eigenvalue weighted by atomic mass is 16.5. The molecule has 0 saturated carbocycles. The zero-order chi connectivity index (χ0) is 11.8. The molecule has 3 heteroatoms. The summed E-state index contributed by atoms with van der Waals surface area (Å²) >= 11 is 0. The highest BCUT2D eigenvalue weighted by molar-refractivity contribution is 5.74. The maximum Gasteiger partial charge on any atom is 0.311 e. The second kappa shape index (κ2) is 4.21. The lowest BCUT2D eigenvalue weighted by Crippen LogP contribution is -2.41. The van der Waals surface area contributed by atoms with Crippen LogP contribution >= 0.6 is 0 Å².